The Kier molecular flexibility index (Phi) is 5.64. The summed E-state index contributed by atoms with van der Waals surface area (Å²) in [5.74, 6) is -0.584. The first kappa shape index (κ1) is 19.5. The van der Waals surface area contributed by atoms with E-state index in [1.165, 1.54) is 23.5 Å². The molecule has 2 aromatic carbocycles. The summed E-state index contributed by atoms with van der Waals surface area (Å²) in [5, 5.41) is 3.26. The minimum Gasteiger partial charge on any atom is -0.456 e. The number of sulfone groups is 1. The second kappa shape index (κ2) is 7.80. The van der Waals surface area contributed by atoms with Crippen molar-refractivity contribution in [3.63, 3.8) is 0 Å². The van der Waals surface area contributed by atoms with Gasteiger partial charge in [0.15, 0.2) is 9.84 Å². The van der Waals surface area contributed by atoms with Gasteiger partial charge in [-0.2, -0.15) is 0 Å². The average Bonchev–Trinajstić information content (AvgIpc) is 3.08. The first-order valence-electron chi connectivity index (χ1n) is 7.92. The fraction of sp³-hybridized carbons (Fsp3) is 0.158. The number of halogens is 1. The van der Waals surface area contributed by atoms with E-state index in [9.17, 15) is 13.2 Å². The fourth-order valence-electron chi connectivity index (χ4n) is 2.37. The van der Waals surface area contributed by atoms with Gasteiger partial charge in [-0.15, -0.1) is 11.3 Å². The summed E-state index contributed by atoms with van der Waals surface area (Å²) in [6.45, 7) is 1.73. The van der Waals surface area contributed by atoms with E-state index in [1.54, 1.807) is 25.1 Å². The smallest absolute Gasteiger partial charge is 0.338 e. The van der Waals surface area contributed by atoms with Gasteiger partial charge in [0.2, 0.25) is 0 Å². The molecule has 3 aromatic rings. The van der Waals surface area contributed by atoms with Gasteiger partial charge in [0.1, 0.15) is 11.6 Å². The van der Waals surface area contributed by atoms with Gasteiger partial charge in [-0.05, 0) is 36.8 Å². The molecule has 3 rings (SSSR count). The van der Waals surface area contributed by atoms with Crippen LogP contribution in [0.1, 0.15) is 21.6 Å². The van der Waals surface area contributed by atoms with Crippen molar-refractivity contribution in [3.05, 3.63) is 69.7 Å². The summed E-state index contributed by atoms with van der Waals surface area (Å²) in [7, 11) is -3.40. The maximum atomic E-state index is 12.4. The van der Waals surface area contributed by atoms with Crippen molar-refractivity contribution in [2.24, 2.45) is 0 Å². The summed E-state index contributed by atoms with van der Waals surface area (Å²) in [5.41, 5.74) is 2.42. The zero-order valence-electron chi connectivity index (χ0n) is 14.6. The zero-order valence-corrected chi connectivity index (χ0v) is 17.0. The number of esters is 1. The fourth-order valence-corrected chi connectivity index (χ4v) is 3.95. The molecule has 0 N–H and O–H groups in total. The Labute approximate surface area is 166 Å². The lowest BCUT2D eigenvalue weighted by molar-refractivity contribution is 0.0467. The van der Waals surface area contributed by atoms with E-state index in [1.807, 2.05) is 17.5 Å². The van der Waals surface area contributed by atoms with Crippen molar-refractivity contribution in [3.8, 4) is 10.6 Å². The molecule has 0 bridgehead atoms. The SMILES string of the molecule is Cc1ccc(S(C)(=O)=O)cc1C(=O)OCc1csc(-c2ccc(Cl)cc2)n1. The van der Waals surface area contributed by atoms with Crippen LogP contribution in [0, 0.1) is 6.92 Å². The highest BCUT2D eigenvalue weighted by molar-refractivity contribution is 7.90. The summed E-state index contributed by atoms with van der Waals surface area (Å²) < 4.78 is 28.7. The van der Waals surface area contributed by atoms with Gasteiger partial charge in [0.25, 0.3) is 0 Å². The van der Waals surface area contributed by atoms with Crippen molar-refractivity contribution < 1.29 is 17.9 Å². The van der Waals surface area contributed by atoms with E-state index in [-0.39, 0.29) is 17.1 Å². The number of aryl methyl sites for hydroxylation is 1. The predicted octanol–water partition coefficient (Wildman–Crippen LogP) is 4.53. The van der Waals surface area contributed by atoms with Crippen LogP contribution in [0.15, 0.2) is 52.7 Å². The standard InChI is InChI=1S/C19H16ClNO4S2/c1-12-3-8-16(27(2,23)24)9-17(12)19(22)25-10-15-11-26-18(21-15)13-4-6-14(20)7-5-13/h3-9,11H,10H2,1-2H3. The summed E-state index contributed by atoms with van der Waals surface area (Å²) in [4.78, 5) is 16.9. The van der Waals surface area contributed by atoms with Crippen molar-refractivity contribution >= 4 is 38.7 Å². The minimum absolute atomic E-state index is 0.00542. The van der Waals surface area contributed by atoms with Gasteiger partial charge >= 0.3 is 5.97 Å². The molecule has 0 spiro atoms. The molecular formula is C19H16ClNO4S2. The normalized spacial score (nSPS) is 11.4. The monoisotopic (exact) mass is 421 g/mol. The largest absolute Gasteiger partial charge is 0.456 e. The van der Waals surface area contributed by atoms with Crippen LogP contribution in [0.3, 0.4) is 0 Å². The van der Waals surface area contributed by atoms with Crippen LogP contribution >= 0.6 is 22.9 Å². The Hall–Kier alpha value is -2.22. The number of thiazole rings is 1. The van der Waals surface area contributed by atoms with Crippen LogP contribution < -0.4 is 0 Å². The highest BCUT2D eigenvalue weighted by atomic mass is 35.5. The average molecular weight is 422 g/mol. The topological polar surface area (TPSA) is 73.3 Å². The number of aromatic nitrogens is 1. The first-order chi connectivity index (χ1) is 12.7. The Bertz CT molecular complexity index is 1090. The lowest BCUT2D eigenvalue weighted by atomic mass is 10.1. The van der Waals surface area contributed by atoms with Crippen LogP contribution in [0.25, 0.3) is 10.6 Å². The van der Waals surface area contributed by atoms with Crippen molar-refractivity contribution in [2.45, 2.75) is 18.4 Å². The summed E-state index contributed by atoms with van der Waals surface area (Å²) >= 11 is 7.33. The Morgan fingerprint density at radius 3 is 2.56 bits per heavy atom. The minimum atomic E-state index is -3.40. The first-order valence-corrected chi connectivity index (χ1v) is 11.1. The van der Waals surface area contributed by atoms with E-state index in [0.717, 1.165) is 16.8 Å². The van der Waals surface area contributed by atoms with Gasteiger partial charge in [0, 0.05) is 22.2 Å². The van der Waals surface area contributed by atoms with Gasteiger partial charge < -0.3 is 4.74 Å². The molecule has 1 heterocycles. The van der Waals surface area contributed by atoms with Gasteiger partial charge in [0.05, 0.1) is 16.2 Å². The highest BCUT2D eigenvalue weighted by Crippen LogP contribution is 2.25. The van der Waals surface area contributed by atoms with E-state index >= 15 is 0 Å². The molecule has 0 unspecified atom stereocenters. The van der Waals surface area contributed by atoms with Crippen molar-refractivity contribution in [1.29, 1.82) is 0 Å². The molecule has 0 aliphatic carbocycles. The van der Waals surface area contributed by atoms with Gasteiger partial charge in [-0.1, -0.05) is 29.8 Å². The third-order valence-electron chi connectivity index (χ3n) is 3.85. The number of ether oxygens (including phenoxy) is 1. The quantitative estimate of drug-likeness (QED) is 0.566. The van der Waals surface area contributed by atoms with Gasteiger partial charge in [-0.3, -0.25) is 0 Å². The number of rotatable bonds is 5. The van der Waals surface area contributed by atoms with Crippen LogP contribution in [-0.4, -0.2) is 25.6 Å². The van der Waals surface area contributed by atoms with E-state index in [0.29, 0.717) is 16.3 Å². The third kappa shape index (κ3) is 4.74. The molecule has 0 fully saturated rings. The molecule has 0 atom stereocenters. The predicted molar refractivity (Wildman–Crippen MR) is 106 cm³/mol. The Morgan fingerprint density at radius 1 is 1.19 bits per heavy atom. The molecule has 140 valence electrons. The summed E-state index contributed by atoms with van der Waals surface area (Å²) in [6.07, 6.45) is 1.10. The third-order valence-corrected chi connectivity index (χ3v) is 6.15. The molecule has 0 saturated carbocycles. The number of hydrogen-bond acceptors (Lipinski definition) is 6. The maximum Gasteiger partial charge on any atom is 0.338 e. The molecule has 0 aliphatic rings. The van der Waals surface area contributed by atoms with Gasteiger partial charge in [-0.25, -0.2) is 18.2 Å². The molecule has 0 amide bonds. The van der Waals surface area contributed by atoms with Crippen LogP contribution in [0.2, 0.25) is 5.02 Å². The Morgan fingerprint density at radius 2 is 1.89 bits per heavy atom. The second-order valence-electron chi connectivity index (χ2n) is 5.98. The number of nitrogens with zero attached hydrogens (tertiary/aromatic N) is 1. The number of benzene rings is 2. The van der Waals surface area contributed by atoms with Crippen molar-refractivity contribution in [2.75, 3.05) is 6.26 Å². The molecule has 8 heteroatoms. The maximum absolute atomic E-state index is 12.4. The lowest BCUT2D eigenvalue weighted by Gasteiger charge is -2.08. The number of carbonyl (C=O) groups is 1. The second-order valence-corrected chi connectivity index (χ2v) is 9.29. The number of carbonyl (C=O) groups excluding carboxylic acids is 1. The van der Waals surface area contributed by atoms with Crippen LogP contribution in [-0.2, 0) is 21.2 Å². The molecule has 0 aliphatic heterocycles. The van der Waals surface area contributed by atoms with E-state index in [4.69, 9.17) is 16.3 Å². The molecule has 0 radical (unpaired) electrons. The molecule has 5 nitrogen and oxygen atoms in total. The lowest BCUT2D eigenvalue weighted by Crippen LogP contribution is -2.09. The highest BCUT2D eigenvalue weighted by Gasteiger charge is 2.16. The molecule has 1 aromatic heterocycles. The van der Waals surface area contributed by atoms with Crippen molar-refractivity contribution in [1.82, 2.24) is 4.98 Å². The van der Waals surface area contributed by atoms with E-state index in [2.05, 4.69) is 4.98 Å². The number of hydrogen-bond donors (Lipinski definition) is 0. The zero-order chi connectivity index (χ0) is 19.6. The summed E-state index contributed by atoms with van der Waals surface area (Å²) in [6, 6.07) is 11.7. The van der Waals surface area contributed by atoms with E-state index < -0.39 is 15.8 Å². The molecule has 27 heavy (non-hydrogen) atoms. The van der Waals surface area contributed by atoms with Crippen LogP contribution in [0.5, 0.6) is 0 Å². The Balaban J connectivity index is 1.72. The molecular weight excluding hydrogens is 406 g/mol. The van der Waals surface area contributed by atoms with Crippen LogP contribution in [0.4, 0.5) is 0 Å². The molecule has 0 saturated heterocycles.